The first-order chi connectivity index (χ1) is 18.0. The fraction of sp³-hybridized carbons (Fsp3) is 0.148. The Morgan fingerprint density at radius 2 is 1.76 bits per heavy atom. The lowest BCUT2D eigenvalue weighted by atomic mass is 9.99. The van der Waals surface area contributed by atoms with Crippen LogP contribution in [-0.2, 0) is 26.2 Å². The van der Waals surface area contributed by atoms with Crippen LogP contribution in [0.5, 0.6) is 5.88 Å². The topological polar surface area (TPSA) is 158 Å². The van der Waals surface area contributed by atoms with Crippen molar-refractivity contribution in [1.82, 2.24) is 10.3 Å². The third-order valence-electron chi connectivity index (χ3n) is 5.75. The molecule has 0 aliphatic rings. The highest BCUT2D eigenvalue weighted by Crippen LogP contribution is 2.32. The van der Waals surface area contributed by atoms with Gasteiger partial charge in [-0.05, 0) is 29.8 Å². The summed E-state index contributed by atoms with van der Waals surface area (Å²) < 4.78 is 25.6. The molecule has 38 heavy (non-hydrogen) atoms. The molecule has 0 unspecified atom stereocenters. The van der Waals surface area contributed by atoms with Crippen LogP contribution in [0.3, 0.4) is 0 Å². The van der Waals surface area contributed by atoms with Crippen molar-refractivity contribution >= 4 is 49.8 Å². The number of carbonyl (C=O) groups excluding carboxylic acids is 2. The van der Waals surface area contributed by atoms with Gasteiger partial charge in [0.25, 0.3) is 0 Å². The molecule has 196 valence electrons. The average Bonchev–Trinajstić information content (AvgIpc) is 3.20. The summed E-state index contributed by atoms with van der Waals surface area (Å²) in [6, 6.07) is 21.1. The van der Waals surface area contributed by atoms with Crippen molar-refractivity contribution in [3.8, 4) is 5.88 Å². The van der Waals surface area contributed by atoms with Crippen LogP contribution in [0.25, 0.3) is 10.9 Å². The van der Waals surface area contributed by atoms with Crippen LogP contribution in [-0.4, -0.2) is 48.8 Å². The number of rotatable bonds is 9. The van der Waals surface area contributed by atoms with E-state index in [-0.39, 0.29) is 17.5 Å². The molecule has 3 aromatic carbocycles. The van der Waals surface area contributed by atoms with Crippen molar-refractivity contribution < 1.29 is 23.1 Å². The zero-order valence-corrected chi connectivity index (χ0v) is 21.6. The van der Waals surface area contributed by atoms with E-state index in [0.29, 0.717) is 34.6 Å². The predicted molar refractivity (Wildman–Crippen MR) is 147 cm³/mol. The SMILES string of the molecule is CC(=O)NCc1ccc(C(=Nc2cccc(N(CC(N)=O)S(C)(=O)=O)c2)c2c(O)[nH]c3ccccc23)cc1. The minimum atomic E-state index is -3.80. The number of amides is 2. The van der Waals surface area contributed by atoms with Crippen LogP contribution in [0.2, 0.25) is 0 Å². The number of sulfonamides is 1. The van der Waals surface area contributed by atoms with Gasteiger partial charge >= 0.3 is 0 Å². The number of aromatic nitrogens is 1. The maximum Gasteiger partial charge on any atom is 0.238 e. The molecular weight excluding hydrogens is 506 g/mol. The first-order valence-corrected chi connectivity index (χ1v) is 13.5. The predicted octanol–water partition coefficient (Wildman–Crippen LogP) is 2.93. The highest BCUT2D eigenvalue weighted by atomic mass is 32.2. The number of fused-ring (bicyclic) bond motifs is 1. The fourth-order valence-electron chi connectivity index (χ4n) is 4.03. The number of nitrogens with zero attached hydrogens (tertiary/aromatic N) is 2. The Labute approximate surface area is 219 Å². The van der Waals surface area contributed by atoms with Gasteiger partial charge in [-0.15, -0.1) is 0 Å². The number of hydrogen-bond acceptors (Lipinski definition) is 6. The Morgan fingerprint density at radius 3 is 2.42 bits per heavy atom. The second-order valence-electron chi connectivity index (χ2n) is 8.72. The Morgan fingerprint density at radius 1 is 1.05 bits per heavy atom. The number of aromatic amines is 1. The number of aromatic hydroxyl groups is 1. The minimum Gasteiger partial charge on any atom is -0.494 e. The van der Waals surface area contributed by atoms with E-state index in [1.807, 2.05) is 48.5 Å². The van der Waals surface area contributed by atoms with Gasteiger partial charge in [-0.2, -0.15) is 0 Å². The molecule has 1 aromatic heterocycles. The van der Waals surface area contributed by atoms with Gasteiger partial charge in [-0.25, -0.2) is 13.4 Å². The number of hydrogen-bond donors (Lipinski definition) is 4. The summed E-state index contributed by atoms with van der Waals surface area (Å²) >= 11 is 0. The van der Waals surface area contributed by atoms with Crippen molar-refractivity contribution in [1.29, 1.82) is 0 Å². The zero-order valence-electron chi connectivity index (χ0n) is 20.8. The molecule has 0 radical (unpaired) electrons. The molecule has 0 saturated carbocycles. The Bertz CT molecular complexity index is 1640. The molecule has 11 heteroatoms. The summed E-state index contributed by atoms with van der Waals surface area (Å²) in [7, 11) is -3.80. The van der Waals surface area contributed by atoms with Crippen molar-refractivity contribution in [3.05, 3.63) is 89.5 Å². The molecule has 2 amide bonds. The maximum absolute atomic E-state index is 12.3. The molecule has 0 fully saturated rings. The van der Waals surface area contributed by atoms with E-state index in [1.165, 1.54) is 13.0 Å². The molecule has 0 aliphatic heterocycles. The van der Waals surface area contributed by atoms with Gasteiger partial charge in [0, 0.05) is 29.9 Å². The lowest BCUT2D eigenvalue weighted by molar-refractivity contribution is -0.119. The maximum atomic E-state index is 12.3. The summed E-state index contributed by atoms with van der Waals surface area (Å²) in [4.78, 5) is 30.6. The van der Waals surface area contributed by atoms with Crippen LogP contribution in [0.1, 0.15) is 23.6 Å². The van der Waals surface area contributed by atoms with E-state index in [0.717, 1.165) is 21.5 Å². The molecule has 0 saturated heterocycles. The minimum absolute atomic E-state index is 0.0741. The molecule has 5 N–H and O–H groups in total. The second kappa shape index (κ2) is 10.8. The summed E-state index contributed by atoms with van der Waals surface area (Å²) in [5.74, 6) is -1.01. The molecule has 4 aromatic rings. The van der Waals surface area contributed by atoms with E-state index >= 15 is 0 Å². The molecular formula is C27H27N5O5S. The number of H-pyrrole nitrogens is 1. The molecule has 0 aliphatic carbocycles. The number of carbonyl (C=O) groups is 2. The number of primary amides is 1. The molecule has 0 atom stereocenters. The number of aliphatic imine (C=N–C) groups is 1. The van der Waals surface area contributed by atoms with E-state index in [1.54, 1.807) is 18.2 Å². The van der Waals surface area contributed by atoms with E-state index < -0.39 is 22.5 Å². The molecule has 4 rings (SSSR count). The van der Waals surface area contributed by atoms with Crippen molar-refractivity contribution in [2.24, 2.45) is 10.7 Å². The van der Waals surface area contributed by atoms with E-state index in [2.05, 4.69) is 10.3 Å². The highest BCUT2D eigenvalue weighted by Gasteiger charge is 2.21. The van der Waals surface area contributed by atoms with Gasteiger partial charge in [0.05, 0.1) is 28.9 Å². The van der Waals surface area contributed by atoms with Crippen LogP contribution >= 0.6 is 0 Å². The molecule has 10 nitrogen and oxygen atoms in total. The average molecular weight is 534 g/mol. The summed E-state index contributed by atoms with van der Waals surface area (Å²) in [6.07, 6.45) is 0.990. The first-order valence-electron chi connectivity index (χ1n) is 11.6. The smallest absolute Gasteiger partial charge is 0.238 e. The number of nitrogens with one attached hydrogen (secondary N) is 2. The number of para-hydroxylation sites is 1. The molecule has 0 spiro atoms. The van der Waals surface area contributed by atoms with Gasteiger partial charge < -0.3 is 21.1 Å². The fourth-order valence-corrected chi connectivity index (χ4v) is 4.89. The van der Waals surface area contributed by atoms with Crippen molar-refractivity contribution in [2.45, 2.75) is 13.5 Å². The van der Waals surface area contributed by atoms with Crippen molar-refractivity contribution in [3.63, 3.8) is 0 Å². The Balaban J connectivity index is 1.86. The summed E-state index contributed by atoms with van der Waals surface area (Å²) in [5, 5.41) is 14.4. The first kappa shape index (κ1) is 26.4. The van der Waals surface area contributed by atoms with Crippen molar-refractivity contribution in [2.75, 3.05) is 17.1 Å². The van der Waals surface area contributed by atoms with Gasteiger partial charge in [0.1, 0.15) is 6.54 Å². The monoisotopic (exact) mass is 533 g/mol. The van der Waals surface area contributed by atoms with E-state index in [9.17, 15) is 23.1 Å². The summed E-state index contributed by atoms with van der Waals surface area (Å²) in [6.45, 7) is 1.29. The molecule has 1 heterocycles. The Kier molecular flexibility index (Phi) is 7.49. The van der Waals surface area contributed by atoms with Gasteiger partial charge in [-0.1, -0.05) is 48.5 Å². The molecule has 0 bridgehead atoms. The second-order valence-corrected chi connectivity index (χ2v) is 10.6. The largest absolute Gasteiger partial charge is 0.494 e. The van der Waals surface area contributed by atoms with E-state index in [4.69, 9.17) is 10.7 Å². The third kappa shape index (κ3) is 6.01. The van der Waals surface area contributed by atoms with Crippen LogP contribution in [0.15, 0.2) is 77.8 Å². The number of anilines is 1. The lowest BCUT2D eigenvalue weighted by Gasteiger charge is -2.21. The summed E-state index contributed by atoms with van der Waals surface area (Å²) in [5.41, 5.74) is 9.07. The third-order valence-corrected chi connectivity index (χ3v) is 6.89. The van der Waals surface area contributed by atoms with Crippen LogP contribution in [0.4, 0.5) is 11.4 Å². The van der Waals surface area contributed by atoms with Crippen LogP contribution in [0, 0.1) is 0 Å². The standard InChI is InChI=1S/C27H27N5O5S/c1-17(33)29-15-18-10-12-19(13-11-18)26(25-22-8-3-4-9-23(22)31-27(25)35)30-20-6-5-7-21(14-20)32(16-24(28)34)38(2,36)37/h3-14,31,35H,15-16H2,1-2H3,(H2,28,34)(H,29,33). The van der Waals surface area contributed by atoms with Gasteiger partial charge in [0.2, 0.25) is 21.8 Å². The number of nitrogens with two attached hydrogens (primary N) is 1. The van der Waals surface area contributed by atoms with Crippen LogP contribution < -0.4 is 15.4 Å². The highest BCUT2D eigenvalue weighted by molar-refractivity contribution is 7.92. The zero-order chi connectivity index (χ0) is 27.4. The van der Waals surface area contributed by atoms with Gasteiger partial charge in [-0.3, -0.25) is 13.9 Å². The normalized spacial score (nSPS) is 11.9. The quantitative estimate of drug-likeness (QED) is 0.243. The lowest BCUT2D eigenvalue weighted by Crippen LogP contribution is -2.37. The van der Waals surface area contributed by atoms with Gasteiger partial charge in [0.15, 0.2) is 5.88 Å². The Hall–Kier alpha value is -4.64. The number of benzene rings is 3.